The van der Waals surface area contributed by atoms with E-state index in [-0.39, 0.29) is 39.1 Å². The Bertz CT molecular complexity index is 8100. The standard InChI is InChI=1S/C110H99BN4/c1-106(2,3)78-44-32-42-76(58-78)89-64-80(108(7,8)9)62-87(72-38-24-18-25-39-72)104(89)114-99-68-83(112-95-48-30-28-46-85(95)91-60-74(50-56-97(91)112)70-34-20-16-21-35-70)52-54-93(99)111-94-55-53-84(113-96-49-31-29-47-86(96)92-61-75(51-57-98(92)113)71-36-22-17-23-37-71)69-100(94)115(102-67-82(110(13,14)15)66-101(114)103(102)111)105-88(73-40-26-19-27-41-73)63-81(109(10,11)12)65-90(105)77-43-33-45-79(59-77)107(4,5)6/h16-69H,1-15H3/i16D,17D,20D,21D,22D,23D,28D,29D,30D,31D,34D,35D,36D,37D,46D,47D,48D,49D,50D,51D,52D,53D,54D,55D,56D,57D,60D,61D,68D,69D. The summed E-state index contributed by atoms with van der Waals surface area (Å²) in [6.07, 6.45) is 0. The SMILES string of the molecule is [2H]c1c([2H])c([2H])c(-c2c([2H])c([2H])c3c(c2[2H])c2c([2H])c([2H])c([2H])c([2H])c2n3-c2c([2H])c([2H])c3c(c2[2H])N(c2c(-c4ccccc4)cc(C(C)(C)C)cc2-c2cccc(C(C)(C)C)c2)c2cc(C(C)(C)C)cc4c2B3c2c([2H])c([2H])c(-n3c5c([2H])c([2H])c([2H])c([2H])c5c5c([2H])c(-c6c([2H])c([2H])c([2H])c([2H])c6[2H])c([2H])c([2H])c53)c([2H])c2N4c2c(-c3ccccc3)cc(C(C)(C)C)cc2-c2cccc(C(C)(C)C)c2)c([2H])c1[2H]. The highest BCUT2D eigenvalue weighted by atomic mass is 15.2. The number of hydrogen-bond donors (Lipinski definition) is 0. The highest BCUT2D eigenvalue weighted by Crippen LogP contribution is 2.56. The fourth-order valence-corrected chi connectivity index (χ4v) is 16.2. The molecular weight excluding hydrogens is 1390 g/mol. The highest BCUT2D eigenvalue weighted by molar-refractivity contribution is 7.00. The maximum Gasteiger partial charge on any atom is 0.252 e. The maximum atomic E-state index is 12.1. The molecule has 2 aromatic heterocycles. The number of aromatic nitrogens is 2. The van der Waals surface area contributed by atoms with Gasteiger partial charge in [-0.05, 0) is 213 Å². The fourth-order valence-electron chi connectivity index (χ4n) is 16.2. The third-order valence-electron chi connectivity index (χ3n) is 22.3. The molecule has 115 heavy (non-hydrogen) atoms. The summed E-state index contributed by atoms with van der Waals surface area (Å²) in [5.41, 5.74) is -1.30. The van der Waals surface area contributed by atoms with Crippen LogP contribution < -0.4 is 26.2 Å². The van der Waals surface area contributed by atoms with Crippen LogP contribution in [0.5, 0.6) is 0 Å². The minimum absolute atomic E-state index is 0.208. The van der Waals surface area contributed by atoms with E-state index in [0.29, 0.717) is 61.4 Å². The summed E-state index contributed by atoms with van der Waals surface area (Å²) in [7, 11) is 0. The van der Waals surface area contributed by atoms with E-state index in [1.807, 2.05) is 140 Å². The second-order valence-electron chi connectivity index (χ2n) is 35.1. The summed E-state index contributed by atoms with van der Waals surface area (Å²) >= 11 is 0. The molecule has 19 rings (SSSR count). The molecule has 0 radical (unpaired) electrons. The number of benzene rings is 15. The van der Waals surface area contributed by atoms with Crippen LogP contribution >= 0.6 is 0 Å². The first-order valence-corrected chi connectivity index (χ1v) is 38.7. The average molecular weight is 1520 g/mol. The lowest BCUT2D eigenvalue weighted by atomic mass is 9.33. The molecule has 15 aromatic carbocycles. The molecule has 562 valence electrons. The van der Waals surface area contributed by atoms with Crippen molar-refractivity contribution in [3.8, 4) is 78.1 Å². The molecule has 0 N–H and O–H groups in total. The lowest BCUT2D eigenvalue weighted by Crippen LogP contribution is -2.61. The van der Waals surface area contributed by atoms with Crippen molar-refractivity contribution in [3.63, 3.8) is 0 Å². The average Bonchev–Trinajstić information content (AvgIpc) is 1.12. The monoisotopic (exact) mass is 1520 g/mol. The Kier molecular flexibility index (Phi) is 11.0. The molecule has 0 amide bonds. The molecule has 0 bridgehead atoms. The van der Waals surface area contributed by atoms with Crippen LogP contribution in [0.15, 0.2) is 327 Å². The summed E-state index contributed by atoms with van der Waals surface area (Å²) < 4.78 is 303. The molecule has 2 aliphatic rings. The second kappa shape index (κ2) is 27.1. The van der Waals surface area contributed by atoms with E-state index in [9.17, 15) is 32.9 Å². The summed E-state index contributed by atoms with van der Waals surface area (Å²) in [6, 6.07) is 21.2. The Morgan fingerprint density at radius 2 is 0.591 bits per heavy atom. The third-order valence-corrected chi connectivity index (χ3v) is 22.3. The Balaban J connectivity index is 1.10. The predicted molar refractivity (Wildman–Crippen MR) is 495 cm³/mol. The summed E-state index contributed by atoms with van der Waals surface area (Å²) in [5.74, 6) is 0. The van der Waals surface area contributed by atoms with Crippen molar-refractivity contribution in [1.82, 2.24) is 9.13 Å². The van der Waals surface area contributed by atoms with Crippen molar-refractivity contribution in [2.75, 3.05) is 9.80 Å². The van der Waals surface area contributed by atoms with E-state index < -0.39 is 292 Å². The first-order valence-electron chi connectivity index (χ1n) is 53.7. The molecule has 17 aromatic rings. The summed E-state index contributed by atoms with van der Waals surface area (Å²) in [6.45, 7) is 29.1. The van der Waals surface area contributed by atoms with Gasteiger partial charge in [-0.2, -0.15) is 0 Å². The van der Waals surface area contributed by atoms with Crippen molar-refractivity contribution >= 4 is 101 Å². The number of fused-ring (bicyclic) bond motifs is 10. The number of hydrogen-bond acceptors (Lipinski definition) is 2. The van der Waals surface area contributed by atoms with Crippen LogP contribution in [0.1, 0.15) is 173 Å². The molecule has 0 atom stereocenters. The van der Waals surface area contributed by atoms with Crippen LogP contribution in [-0.4, -0.2) is 15.8 Å². The largest absolute Gasteiger partial charge is 0.310 e. The van der Waals surface area contributed by atoms with Gasteiger partial charge in [0.15, 0.2) is 0 Å². The van der Waals surface area contributed by atoms with E-state index in [2.05, 4.69) is 119 Å². The van der Waals surface area contributed by atoms with Crippen molar-refractivity contribution in [1.29, 1.82) is 0 Å². The van der Waals surface area contributed by atoms with Crippen molar-refractivity contribution in [2.24, 2.45) is 0 Å². The Labute approximate surface area is 721 Å². The number of nitrogens with zero attached hydrogens (tertiary/aromatic N) is 4. The molecule has 2 aliphatic heterocycles. The molecular formula is C110H99BN4. The van der Waals surface area contributed by atoms with E-state index in [0.717, 1.165) is 31.4 Å². The molecule has 4 heterocycles. The Morgan fingerprint density at radius 3 is 0.974 bits per heavy atom. The summed E-state index contributed by atoms with van der Waals surface area (Å²) in [5, 5.41) is -2.13. The van der Waals surface area contributed by atoms with Crippen LogP contribution in [0, 0.1) is 0 Å². The fraction of sp³-hybridized carbons (Fsp3) is 0.182. The molecule has 0 saturated carbocycles. The van der Waals surface area contributed by atoms with Crippen molar-refractivity contribution in [3.05, 3.63) is 355 Å². The van der Waals surface area contributed by atoms with Gasteiger partial charge in [-0.1, -0.05) is 334 Å². The Hall–Kier alpha value is -12.4. The van der Waals surface area contributed by atoms with Gasteiger partial charge in [0.1, 0.15) is 0 Å². The molecule has 0 saturated heterocycles. The van der Waals surface area contributed by atoms with E-state index in [4.69, 9.17) is 8.22 Å². The molecule has 0 aliphatic carbocycles. The minimum atomic E-state index is -1.81. The van der Waals surface area contributed by atoms with Crippen LogP contribution in [-0.2, 0) is 27.1 Å². The van der Waals surface area contributed by atoms with Gasteiger partial charge in [-0.25, -0.2) is 0 Å². The quantitative estimate of drug-likeness (QED) is 0.127. The van der Waals surface area contributed by atoms with Gasteiger partial charge in [-0.3, -0.25) is 0 Å². The van der Waals surface area contributed by atoms with Gasteiger partial charge in [0.25, 0.3) is 6.71 Å². The van der Waals surface area contributed by atoms with Gasteiger partial charge in [0.2, 0.25) is 0 Å². The number of para-hydroxylation sites is 2. The number of anilines is 6. The zero-order valence-corrected chi connectivity index (χ0v) is 66.7. The Morgan fingerprint density at radius 1 is 0.252 bits per heavy atom. The van der Waals surface area contributed by atoms with E-state index in [1.165, 1.54) is 0 Å². The van der Waals surface area contributed by atoms with Crippen LogP contribution in [0.4, 0.5) is 34.1 Å². The second-order valence-corrected chi connectivity index (χ2v) is 35.1. The van der Waals surface area contributed by atoms with Crippen LogP contribution in [0.25, 0.3) is 122 Å². The molecule has 0 unspecified atom stereocenters. The van der Waals surface area contributed by atoms with Gasteiger partial charge >= 0.3 is 0 Å². The lowest BCUT2D eigenvalue weighted by molar-refractivity contribution is 0.589. The first kappa shape index (κ1) is 46.7. The predicted octanol–water partition coefficient (Wildman–Crippen LogP) is 28.5. The number of rotatable bonds is 10. The smallest absolute Gasteiger partial charge is 0.252 e. The molecule has 5 heteroatoms. The lowest BCUT2D eigenvalue weighted by Gasteiger charge is -2.47. The van der Waals surface area contributed by atoms with E-state index in [1.54, 1.807) is 0 Å². The highest BCUT2D eigenvalue weighted by Gasteiger charge is 2.47. The third kappa shape index (κ3) is 12.5. The molecule has 0 fully saturated rings. The zero-order chi connectivity index (χ0) is 105. The molecule has 4 nitrogen and oxygen atoms in total. The van der Waals surface area contributed by atoms with Gasteiger partial charge in [0.05, 0.1) is 74.6 Å². The van der Waals surface area contributed by atoms with Crippen molar-refractivity contribution in [2.45, 2.75) is 131 Å². The summed E-state index contributed by atoms with van der Waals surface area (Å²) in [4.78, 5) is 3.69. The topological polar surface area (TPSA) is 16.3 Å². The van der Waals surface area contributed by atoms with Crippen LogP contribution in [0.3, 0.4) is 0 Å². The maximum absolute atomic E-state index is 12.1. The minimum Gasteiger partial charge on any atom is -0.310 e. The van der Waals surface area contributed by atoms with E-state index >= 15 is 0 Å². The first-order chi connectivity index (χ1) is 67.7. The van der Waals surface area contributed by atoms with Gasteiger partial charge < -0.3 is 18.9 Å². The molecule has 0 spiro atoms. The van der Waals surface area contributed by atoms with Crippen molar-refractivity contribution < 1.29 is 41.1 Å². The van der Waals surface area contributed by atoms with Gasteiger partial charge in [-0.15, -0.1) is 0 Å². The normalized spacial score (nSPS) is 16.8. The zero-order valence-electron chi connectivity index (χ0n) is 96.7. The van der Waals surface area contributed by atoms with Gasteiger partial charge in [0, 0.05) is 77.9 Å². The van der Waals surface area contributed by atoms with Crippen LogP contribution in [0.2, 0.25) is 0 Å².